The van der Waals surface area contributed by atoms with Crippen molar-refractivity contribution in [2.24, 2.45) is 0 Å². The molecule has 9 nitrogen and oxygen atoms in total. The van der Waals surface area contributed by atoms with Crippen LogP contribution in [0, 0.1) is 0 Å². The number of ether oxygens (including phenoxy) is 1. The molecule has 202 valence electrons. The molecule has 2 amide bonds. The molecular weight excluding hydrogens is 534 g/mol. The zero-order chi connectivity index (χ0) is 27.4. The highest BCUT2D eigenvalue weighted by molar-refractivity contribution is 8.03. The van der Waals surface area contributed by atoms with Gasteiger partial charge in [0.2, 0.25) is 0 Å². The smallest absolute Gasteiger partial charge is 0.261 e. The van der Waals surface area contributed by atoms with Gasteiger partial charge in [-0.25, -0.2) is 0 Å². The van der Waals surface area contributed by atoms with Crippen LogP contribution in [0.2, 0.25) is 0 Å². The molecule has 0 saturated carbocycles. The minimum Gasteiger partial charge on any atom is -0.606 e. The van der Waals surface area contributed by atoms with Gasteiger partial charge in [0.25, 0.3) is 11.8 Å². The van der Waals surface area contributed by atoms with Gasteiger partial charge in [-0.2, -0.15) is 0 Å². The van der Waals surface area contributed by atoms with Crippen molar-refractivity contribution in [3.05, 3.63) is 88.7 Å². The lowest BCUT2D eigenvalue weighted by atomic mass is 10.1. The van der Waals surface area contributed by atoms with Gasteiger partial charge in [0.05, 0.1) is 30.6 Å². The second kappa shape index (κ2) is 12.1. The van der Waals surface area contributed by atoms with Crippen LogP contribution in [0.25, 0.3) is 0 Å². The summed E-state index contributed by atoms with van der Waals surface area (Å²) in [5.41, 5.74) is 2.14. The van der Waals surface area contributed by atoms with Crippen LogP contribution in [0.1, 0.15) is 38.1 Å². The predicted octanol–water partition coefficient (Wildman–Crippen LogP) is 3.75. The van der Waals surface area contributed by atoms with Gasteiger partial charge < -0.3 is 30.1 Å². The molecule has 0 fully saturated rings. The van der Waals surface area contributed by atoms with E-state index < -0.39 is 11.2 Å². The van der Waals surface area contributed by atoms with Crippen molar-refractivity contribution < 1.29 is 18.9 Å². The van der Waals surface area contributed by atoms with E-state index in [2.05, 4.69) is 25.8 Å². The van der Waals surface area contributed by atoms with Crippen molar-refractivity contribution in [2.75, 3.05) is 39.1 Å². The minimum atomic E-state index is -1.59. The van der Waals surface area contributed by atoms with E-state index in [1.165, 1.54) is 18.5 Å². The Morgan fingerprint density at radius 3 is 2.79 bits per heavy atom. The highest BCUT2D eigenvalue weighted by Gasteiger charge is 2.31. The maximum Gasteiger partial charge on any atom is 0.261 e. The van der Waals surface area contributed by atoms with Crippen LogP contribution >= 0.6 is 11.8 Å². The van der Waals surface area contributed by atoms with E-state index in [1.54, 1.807) is 30.0 Å². The molecule has 2 aliphatic rings. The van der Waals surface area contributed by atoms with Crippen LogP contribution in [0.5, 0.6) is 5.75 Å². The Kier molecular flexibility index (Phi) is 8.41. The van der Waals surface area contributed by atoms with Gasteiger partial charge in [-0.05, 0) is 62.5 Å². The fourth-order valence-corrected chi connectivity index (χ4v) is 6.46. The zero-order valence-corrected chi connectivity index (χ0v) is 23.2. The molecule has 2 aliphatic heterocycles. The SMILES string of the molecule is CN(C)CCCOc1ccc(C2NC=C(CNC(=O)c3ccc4c(c3)NC(=O)c3ccncc3[S+]4[O-])S2)cc1. The number of amides is 2. The lowest BCUT2D eigenvalue weighted by molar-refractivity contribution is 0.0956. The third-order valence-corrected chi connectivity index (χ3v) is 8.90. The molecule has 11 heteroatoms. The lowest BCUT2D eigenvalue weighted by Gasteiger charge is -2.14. The van der Waals surface area contributed by atoms with Crippen molar-refractivity contribution in [3.8, 4) is 5.75 Å². The Bertz CT molecular complexity index is 1400. The maximum atomic E-state index is 13.1. The van der Waals surface area contributed by atoms with Crippen LogP contribution in [-0.4, -0.2) is 60.0 Å². The molecule has 0 saturated heterocycles. The number of anilines is 1. The molecule has 2 atom stereocenters. The Balaban J connectivity index is 1.14. The van der Waals surface area contributed by atoms with Crippen LogP contribution in [-0.2, 0) is 11.2 Å². The van der Waals surface area contributed by atoms with Crippen LogP contribution < -0.4 is 20.7 Å². The van der Waals surface area contributed by atoms with Crippen molar-refractivity contribution >= 4 is 40.4 Å². The predicted molar refractivity (Wildman–Crippen MR) is 152 cm³/mol. The highest BCUT2D eigenvalue weighted by Crippen LogP contribution is 2.37. The number of carbonyl (C=O) groups is 2. The molecule has 3 aromatic rings. The number of rotatable bonds is 9. The summed E-state index contributed by atoms with van der Waals surface area (Å²) in [5.74, 6) is 0.176. The van der Waals surface area contributed by atoms with E-state index >= 15 is 0 Å². The number of hydrogen-bond donors (Lipinski definition) is 3. The third-order valence-electron chi connectivity index (χ3n) is 6.21. The number of aromatic nitrogens is 1. The van der Waals surface area contributed by atoms with Gasteiger partial charge >= 0.3 is 0 Å². The number of nitrogens with one attached hydrogen (secondary N) is 3. The maximum absolute atomic E-state index is 13.1. The minimum absolute atomic E-state index is 0.0495. The lowest BCUT2D eigenvalue weighted by Crippen LogP contribution is -2.25. The second-order valence-corrected chi connectivity index (χ2v) is 12.0. The van der Waals surface area contributed by atoms with Crippen molar-refractivity contribution in [3.63, 3.8) is 0 Å². The molecule has 2 unspecified atom stereocenters. The summed E-state index contributed by atoms with van der Waals surface area (Å²) >= 11 is 0.0451. The summed E-state index contributed by atoms with van der Waals surface area (Å²) in [6, 6.07) is 14.4. The van der Waals surface area contributed by atoms with E-state index in [9.17, 15) is 14.1 Å². The first-order valence-electron chi connectivity index (χ1n) is 12.5. The summed E-state index contributed by atoms with van der Waals surface area (Å²) in [6.07, 6.45) is 5.80. The fourth-order valence-electron chi connectivity index (χ4n) is 4.18. The first-order valence-corrected chi connectivity index (χ1v) is 14.5. The molecule has 5 rings (SSSR count). The van der Waals surface area contributed by atoms with E-state index in [4.69, 9.17) is 4.74 Å². The standard InChI is InChI=1S/C28H29N5O4S2/c1-33(2)12-3-13-37-20-7-4-18(5-8-20)28-31-16-21(38-28)15-30-26(34)19-6-9-24-23(14-19)32-27(35)22-10-11-29-17-25(22)39(24)36/h4-11,14,16-17,28,31H,3,12-13,15H2,1-2H3,(H,30,34)(H,32,35). The summed E-state index contributed by atoms with van der Waals surface area (Å²) in [4.78, 5) is 33.4. The van der Waals surface area contributed by atoms with E-state index in [0.29, 0.717) is 39.8 Å². The van der Waals surface area contributed by atoms with Crippen LogP contribution in [0.15, 0.2) is 81.8 Å². The molecule has 3 N–H and O–H groups in total. The topological polar surface area (TPSA) is 119 Å². The Labute approximate surface area is 234 Å². The molecule has 3 heterocycles. The van der Waals surface area contributed by atoms with Gasteiger partial charge in [0.1, 0.15) is 11.1 Å². The number of fused-ring (bicyclic) bond motifs is 2. The van der Waals surface area contributed by atoms with Crippen molar-refractivity contribution in [1.29, 1.82) is 0 Å². The molecule has 0 spiro atoms. The van der Waals surface area contributed by atoms with Crippen LogP contribution in [0.4, 0.5) is 5.69 Å². The summed E-state index contributed by atoms with van der Waals surface area (Å²) in [7, 11) is 4.10. The number of benzene rings is 2. The summed E-state index contributed by atoms with van der Waals surface area (Å²) < 4.78 is 18.9. The van der Waals surface area contributed by atoms with Crippen LogP contribution in [0.3, 0.4) is 0 Å². The number of thioether (sulfide) groups is 1. The molecule has 2 aromatic carbocycles. The Morgan fingerprint density at radius 1 is 1.18 bits per heavy atom. The Hall–Kier alpha value is -3.51. The van der Waals surface area contributed by atoms with Gasteiger partial charge in [0.15, 0.2) is 9.79 Å². The third kappa shape index (κ3) is 6.39. The van der Waals surface area contributed by atoms with Gasteiger partial charge in [-0.1, -0.05) is 23.9 Å². The first-order chi connectivity index (χ1) is 18.9. The number of hydrogen-bond acceptors (Lipinski definition) is 8. The monoisotopic (exact) mass is 563 g/mol. The molecule has 1 aromatic heterocycles. The summed E-state index contributed by atoms with van der Waals surface area (Å²) in [6.45, 7) is 2.02. The largest absolute Gasteiger partial charge is 0.606 e. The molecular formula is C28H29N5O4S2. The first kappa shape index (κ1) is 27.1. The number of nitrogens with zero attached hydrogens (tertiary/aromatic N) is 2. The molecule has 39 heavy (non-hydrogen) atoms. The molecule has 0 radical (unpaired) electrons. The zero-order valence-electron chi connectivity index (χ0n) is 21.6. The quantitative estimate of drug-likeness (QED) is 0.266. The molecule has 0 bridgehead atoms. The normalized spacial score (nSPS) is 17.8. The number of pyridine rings is 1. The van der Waals surface area contributed by atoms with E-state index in [-0.39, 0.29) is 17.2 Å². The average molecular weight is 564 g/mol. The van der Waals surface area contributed by atoms with E-state index in [0.717, 1.165) is 29.2 Å². The molecule has 0 aliphatic carbocycles. The van der Waals surface area contributed by atoms with Gasteiger partial charge in [0, 0.05) is 40.6 Å². The highest BCUT2D eigenvalue weighted by atomic mass is 32.2. The average Bonchev–Trinajstić information content (AvgIpc) is 3.39. The van der Waals surface area contributed by atoms with Crippen molar-refractivity contribution in [2.45, 2.75) is 21.6 Å². The number of carbonyl (C=O) groups excluding carboxylic acids is 2. The fraction of sp³-hybridized carbons (Fsp3) is 0.250. The summed E-state index contributed by atoms with van der Waals surface area (Å²) in [5, 5.41) is 9.11. The Morgan fingerprint density at radius 2 is 2.00 bits per heavy atom. The van der Waals surface area contributed by atoms with Crippen molar-refractivity contribution in [1.82, 2.24) is 20.5 Å². The van der Waals surface area contributed by atoms with Gasteiger partial charge in [-0.3, -0.25) is 14.6 Å². The van der Waals surface area contributed by atoms with E-state index in [1.807, 2.05) is 44.6 Å². The second-order valence-electron chi connectivity index (χ2n) is 9.34. The van der Waals surface area contributed by atoms with Gasteiger partial charge in [-0.15, -0.1) is 0 Å².